The quantitative estimate of drug-likeness (QED) is 0.427. The maximum Gasteiger partial charge on any atom is 0.0701 e. The lowest BCUT2D eigenvalue weighted by Gasteiger charge is -2.30. The van der Waals surface area contributed by atoms with Gasteiger partial charge in [-0.25, -0.2) is 0 Å². The summed E-state index contributed by atoms with van der Waals surface area (Å²) in [5, 5.41) is 12.8. The van der Waals surface area contributed by atoms with Crippen molar-refractivity contribution in [2.24, 2.45) is 0 Å². The molecule has 0 spiro atoms. The van der Waals surface area contributed by atoms with Crippen LogP contribution in [-0.4, -0.2) is 63.4 Å². The lowest BCUT2D eigenvalue weighted by molar-refractivity contribution is 0.0130. The summed E-state index contributed by atoms with van der Waals surface area (Å²) in [7, 11) is 0. The van der Waals surface area contributed by atoms with Crippen molar-refractivity contribution in [2.45, 2.75) is 52.0 Å². The topological polar surface area (TPSA) is 60.0 Å². The summed E-state index contributed by atoms with van der Waals surface area (Å²) in [6, 6.07) is 0. The van der Waals surface area contributed by atoms with E-state index in [1.807, 2.05) is 0 Å². The van der Waals surface area contributed by atoms with Gasteiger partial charge in [0, 0.05) is 18.7 Å². The Kier molecular flexibility index (Phi) is 14.6. The Morgan fingerprint density at radius 1 is 0.810 bits per heavy atom. The van der Waals surface area contributed by atoms with Crippen LogP contribution in [0.5, 0.6) is 0 Å². The molecular formula is C16H35NO4. The average Bonchev–Trinajstić information content (AvgIpc) is 2.53. The fourth-order valence-electron chi connectivity index (χ4n) is 1.96. The largest absolute Gasteiger partial charge is 0.394 e. The lowest BCUT2D eigenvalue weighted by atomic mass is 9.94. The van der Waals surface area contributed by atoms with Crippen molar-refractivity contribution in [2.75, 3.05) is 52.8 Å². The molecule has 0 aliphatic carbocycles. The minimum absolute atomic E-state index is 0.157. The van der Waals surface area contributed by atoms with E-state index in [0.29, 0.717) is 33.0 Å². The zero-order valence-corrected chi connectivity index (χ0v) is 14.2. The van der Waals surface area contributed by atoms with Gasteiger partial charge in [0.1, 0.15) is 0 Å². The third-order valence-electron chi connectivity index (χ3n) is 3.79. The molecular weight excluding hydrogens is 270 g/mol. The zero-order valence-electron chi connectivity index (χ0n) is 14.2. The third kappa shape index (κ3) is 11.1. The molecule has 0 saturated heterocycles. The molecule has 0 aliphatic rings. The van der Waals surface area contributed by atoms with Crippen molar-refractivity contribution in [3.63, 3.8) is 0 Å². The Morgan fingerprint density at radius 2 is 1.33 bits per heavy atom. The summed E-state index contributed by atoms with van der Waals surface area (Å²) in [6.07, 6.45) is 4.11. The number of aliphatic hydroxyl groups is 1. The molecule has 0 saturated carbocycles. The van der Waals surface area contributed by atoms with Crippen LogP contribution in [0.1, 0.15) is 46.5 Å². The maximum atomic E-state index is 9.42. The van der Waals surface area contributed by atoms with Crippen LogP contribution in [0.4, 0.5) is 0 Å². The summed E-state index contributed by atoms with van der Waals surface area (Å²) in [6.45, 7) is 11.2. The van der Waals surface area contributed by atoms with Crippen molar-refractivity contribution in [3.8, 4) is 0 Å². The van der Waals surface area contributed by atoms with Gasteiger partial charge in [0.25, 0.3) is 0 Å². The Balaban J connectivity index is 3.29. The zero-order chi connectivity index (χ0) is 15.8. The molecule has 0 rings (SSSR count). The van der Waals surface area contributed by atoms with Crippen LogP contribution in [0.25, 0.3) is 0 Å². The van der Waals surface area contributed by atoms with Crippen LogP contribution in [0.3, 0.4) is 0 Å². The van der Waals surface area contributed by atoms with Crippen molar-refractivity contribution >= 4 is 0 Å². The maximum absolute atomic E-state index is 9.42. The molecule has 0 bridgehead atoms. The number of hydrogen-bond acceptors (Lipinski definition) is 5. The summed E-state index contributed by atoms with van der Waals surface area (Å²) in [5.74, 6) is 0. The number of aliphatic hydroxyl groups excluding tert-OH is 1. The van der Waals surface area contributed by atoms with E-state index in [-0.39, 0.29) is 12.1 Å². The van der Waals surface area contributed by atoms with Crippen molar-refractivity contribution in [1.82, 2.24) is 5.32 Å². The van der Waals surface area contributed by atoms with E-state index in [1.54, 1.807) is 0 Å². The highest BCUT2D eigenvalue weighted by molar-refractivity contribution is 4.84. The molecule has 0 heterocycles. The van der Waals surface area contributed by atoms with Gasteiger partial charge >= 0.3 is 0 Å². The summed E-state index contributed by atoms with van der Waals surface area (Å²) in [5.41, 5.74) is -0.157. The minimum Gasteiger partial charge on any atom is -0.394 e. The molecule has 5 heteroatoms. The highest BCUT2D eigenvalue weighted by atomic mass is 16.5. The Hall–Kier alpha value is -0.200. The van der Waals surface area contributed by atoms with Crippen LogP contribution in [-0.2, 0) is 14.2 Å². The Labute approximate surface area is 130 Å². The van der Waals surface area contributed by atoms with Gasteiger partial charge < -0.3 is 24.6 Å². The monoisotopic (exact) mass is 305 g/mol. The molecule has 0 fully saturated rings. The number of unbranched alkanes of at least 4 members (excludes halogenated alkanes) is 1. The van der Waals surface area contributed by atoms with E-state index >= 15 is 0 Å². The average molecular weight is 305 g/mol. The second kappa shape index (κ2) is 14.7. The fraction of sp³-hybridized carbons (Fsp3) is 1.00. The minimum atomic E-state index is -0.157. The molecule has 0 amide bonds. The van der Waals surface area contributed by atoms with Crippen LogP contribution in [0.15, 0.2) is 0 Å². The van der Waals surface area contributed by atoms with Gasteiger partial charge in [-0.3, -0.25) is 0 Å². The van der Waals surface area contributed by atoms with E-state index in [1.165, 1.54) is 0 Å². The van der Waals surface area contributed by atoms with Gasteiger partial charge in [0.05, 0.1) is 39.6 Å². The van der Waals surface area contributed by atoms with Gasteiger partial charge in [-0.2, -0.15) is 0 Å². The van der Waals surface area contributed by atoms with Gasteiger partial charge in [0.2, 0.25) is 0 Å². The molecule has 21 heavy (non-hydrogen) atoms. The molecule has 2 N–H and O–H groups in total. The predicted octanol–water partition coefficient (Wildman–Crippen LogP) is 1.98. The van der Waals surface area contributed by atoms with Crippen LogP contribution >= 0.6 is 0 Å². The van der Waals surface area contributed by atoms with Gasteiger partial charge in [-0.1, -0.05) is 27.2 Å². The van der Waals surface area contributed by atoms with Crippen LogP contribution < -0.4 is 5.32 Å². The molecule has 128 valence electrons. The molecule has 0 atom stereocenters. The smallest absolute Gasteiger partial charge is 0.0701 e. The second-order valence-corrected chi connectivity index (χ2v) is 5.26. The second-order valence-electron chi connectivity index (χ2n) is 5.26. The first-order chi connectivity index (χ1) is 10.2. The van der Waals surface area contributed by atoms with Gasteiger partial charge in [-0.05, 0) is 19.3 Å². The fourth-order valence-corrected chi connectivity index (χ4v) is 1.96. The summed E-state index contributed by atoms with van der Waals surface area (Å²) >= 11 is 0. The Morgan fingerprint density at radius 3 is 1.81 bits per heavy atom. The first kappa shape index (κ1) is 20.8. The van der Waals surface area contributed by atoms with Crippen molar-refractivity contribution in [1.29, 1.82) is 0 Å². The molecule has 0 aromatic rings. The predicted molar refractivity (Wildman–Crippen MR) is 85.8 cm³/mol. The molecule has 5 nitrogen and oxygen atoms in total. The highest BCUT2D eigenvalue weighted by Gasteiger charge is 2.23. The summed E-state index contributed by atoms with van der Waals surface area (Å²) in [4.78, 5) is 0. The standard InChI is InChI=1S/C16H35NO4/c1-4-7-9-19-11-13-21-14-12-20-10-8-17-16(5-2,6-3)15-18/h17-18H,4-15H2,1-3H3. The van der Waals surface area contributed by atoms with Gasteiger partial charge in [0.15, 0.2) is 0 Å². The number of rotatable bonds is 16. The summed E-state index contributed by atoms with van der Waals surface area (Å²) < 4.78 is 16.3. The van der Waals surface area contributed by atoms with Gasteiger partial charge in [-0.15, -0.1) is 0 Å². The Bertz CT molecular complexity index is 202. The number of ether oxygens (including phenoxy) is 3. The van der Waals surface area contributed by atoms with E-state index in [2.05, 4.69) is 26.1 Å². The number of nitrogens with one attached hydrogen (secondary N) is 1. The highest BCUT2D eigenvalue weighted by Crippen LogP contribution is 2.13. The first-order valence-corrected chi connectivity index (χ1v) is 8.33. The van der Waals surface area contributed by atoms with Crippen molar-refractivity contribution < 1.29 is 19.3 Å². The normalized spacial score (nSPS) is 12.0. The van der Waals surface area contributed by atoms with E-state index in [9.17, 15) is 5.11 Å². The lowest BCUT2D eigenvalue weighted by Crippen LogP contribution is -2.48. The van der Waals surface area contributed by atoms with E-state index in [0.717, 1.165) is 38.8 Å². The molecule has 0 aliphatic heterocycles. The molecule has 0 aromatic heterocycles. The van der Waals surface area contributed by atoms with Crippen molar-refractivity contribution in [3.05, 3.63) is 0 Å². The SMILES string of the molecule is CCCCOCCOCCOCCNC(CC)(CC)CO. The third-order valence-corrected chi connectivity index (χ3v) is 3.79. The first-order valence-electron chi connectivity index (χ1n) is 8.33. The van der Waals surface area contributed by atoms with E-state index in [4.69, 9.17) is 14.2 Å². The van der Waals surface area contributed by atoms with E-state index < -0.39 is 0 Å². The molecule has 0 unspecified atom stereocenters. The van der Waals surface area contributed by atoms with Crippen LogP contribution in [0, 0.1) is 0 Å². The molecule has 0 radical (unpaired) electrons. The molecule has 0 aromatic carbocycles. The van der Waals surface area contributed by atoms with Crippen LogP contribution in [0.2, 0.25) is 0 Å². The number of hydrogen-bond donors (Lipinski definition) is 2.